The van der Waals surface area contributed by atoms with Crippen LogP contribution in [-0.2, 0) is 14.3 Å². The number of hydrogen-bond donors (Lipinski definition) is 3. The minimum atomic E-state index is -0.850. The summed E-state index contributed by atoms with van der Waals surface area (Å²) in [6.45, 7) is 4.85. The van der Waals surface area contributed by atoms with Crippen LogP contribution in [0.15, 0.2) is 24.3 Å². The quantitative estimate of drug-likeness (QED) is 0.0322. The van der Waals surface area contributed by atoms with Gasteiger partial charge in [0.2, 0.25) is 5.91 Å². The predicted octanol–water partition coefficient (Wildman–Crippen LogP) is 15.5. The topological polar surface area (TPSA) is 95.9 Å². The molecule has 6 heteroatoms. The summed E-state index contributed by atoms with van der Waals surface area (Å²) in [4.78, 5) is 24.4. The van der Waals surface area contributed by atoms with Crippen LogP contribution in [0, 0.1) is 0 Å². The standard InChI is InChI=1S/C53H101NO5/c1-3-5-7-9-11-13-15-16-17-19-22-26-29-33-37-41-45-51(56)50(49-55)54-52(57)46-42-38-34-30-27-23-20-18-21-24-28-32-36-40-44-48-59-53(58)47-43-39-35-31-25-14-12-10-8-6-4-2/h10,12,41,45,50-51,55-56H,3-9,11,13-40,42-44,46-49H2,1-2H3,(H,54,57)/b12-10-,45-41+. The van der Waals surface area contributed by atoms with Gasteiger partial charge in [-0.15, -0.1) is 0 Å². The molecule has 0 aliphatic heterocycles. The lowest BCUT2D eigenvalue weighted by Crippen LogP contribution is -2.45. The first kappa shape index (κ1) is 57.3. The molecule has 0 fully saturated rings. The first-order chi connectivity index (χ1) is 29.0. The molecule has 0 aromatic carbocycles. The molecule has 0 heterocycles. The summed E-state index contributed by atoms with van der Waals surface area (Å²) in [5, 5.41) is 23.1. The zero-order valence-electron chi connectivity index (χ0n) is 39.5. The van der Waals surface area contributed by atoms with Crippen molar-refractivity contribution in [1.82, 2.24) is 5.32 Å². The molecule has 0 bridgehead atoms. The van der Waals surface area contributed by atoms with Gasteiger partial charge < -0.3 is 20.3 Å². The molecule has 0 aromatic rings. The first-order valence-electron chi connectivity index (χ1n) is 26.1. The second-order valence-corrected chi connectivity index (χ2v) is 17.9. The minimum absolute atomic E-state index is 0.0117. The van der Waals surface area contributed by atoms with E-state index >= 15 is 0 Å². The lowest BCUT2D eigenvalue weighted by Gasteiger charge is -2.20. The van der Waals surface area contributed by atoms with E-state index in [9.17, 15) is 19.8 Å². The second kappa shape index (κ2) is 49.0. The maximum Gasteiger partial charge on any atom is 0.305 e. The fourth-order valence-electron chi connectivity index (χ4n) is 7.91. The third-order valence-corrected chi connectivity index (χ3v) is 12.0. The largest absolute Gasteiger partial charge is 0.466 e. The zero-order chi connectivity index (χ0) is 43.0. The lowest BCUT2D eigenvalue weighted by atomic mass is 10.0. The third-order valence-electron chi connectivity index (χ3n) is 12.0. The van der Waals surface area contributed by atoms with Crippen LogP contribution in [0.4, 0.5) is 0 Å². The molecule has 0 aliphatic rings. The molecular formula is C53H101NO5. The Balaban J connectivity index is 3.48. The number of hydrogen-bond acceptors (Lipinski definition) is 5. The molecule has 3 N–H and O–H groups in total. The molecule has 348 valence electrons. The van der Waals surface area contributed by atoms with Crippen molar-refractivity contribution in [2.24, 2.45) is 0 Å². The molecule has 2 unspecified atom stereocenters. The lowest BCUT2D eigenvalue weighted by molar-refractivity contribution is -0.143. The highest BCUT2D eigenvalue weighted by molar-refractivity contribution is 5.76. The Kier molecular flexibility index (Phi) is 47.6. The molecular weight excluding hydrogens is 731 g/mol. The van der Waals surface area contributed by atoms with Gasteiger partial charge in [-0.3, -0.25) is 9.59 Å². The van der Waals surface area contributed by atoms with Gasteiger partial charge in [-0.25, -0.2) is 0 Å². The zero-order valence-corrected chi connectivity index (χ0v) is 39.5. The number of aliphatic hydroxyl groups excluding tert-OH is 2. The predicted molar refractivity (Wildman–Crippen MR) is 255 cm³/mol. The van der Waals surface area contributed by atoms with Gasteiger partial charge in [0.15, 0.2) is 0 Å². The van der Waals surface area contributed by atoms with Crippen LogP contribution in [0.5, 0.6) is 0 Å². The molecule has 0 saturated heterocycles. The van der Waals surface area contributed by atoms with Gasteiger partial charge in [-0.05, 0) is 51.4 Å². The van der Waals surface area contributed by atoms with Gasteiger partial charge in [-0.2, -0.15) is 0 Å². The highest BCUT2D eigenvalue weighted by atomic mass is 16.5. The van der Waals surface area contributed by atoms with Gasteiger partial charge in [-0.1, -0.05) is 237 Å². The molecule has 0 rings (SSSR count). The highest BCUT2D eigenvalue weighted by Gasteiger charge is 2.18. The SMILES string of the molecule is CCCC/C=C\CCCCCCCC(=O)OCCCCCCCCCCCCCCCCCC(=O)NC(CO)C(O)/C=C/CCCCCCCCCCCCCCCC. The molecule has 0 radical (unpaired) electrons. The number of nitrogens with one attached hydrogen (secondary N) is 1. The van der Waals surface area contributed by atoms with E-state index in [1.165, 1.54) is 193 Å². The number of unbranched alkanes of at least 4 members (excludes halogenated alkanes) is 35. The summed E-state index contributed by atoms with van der Waals surface area (Å²) in [6.07, 6.45) is 57.5. The monoisotopic (exact) mass is 832 g/mol. The van der Waals surface area contributed by atoms with E-state index < -0.39 is 12.1 Å². The maximum atomic E-state index is 12.4. The average Bonchev–Trinajstić information content (AvgIpc) is 3.24. The summed E-state index contributed by atoms with van der Waals surface area (Å²) >= 11 is 0. The molecule has 1 amide bonds. The summed E-state index contributed by atoms with van der Waals surface area (Å²) in [6, 6.07) is -0.634. The Morgan fingerprint density at radius 1 is 0.458 bits per heavy atom. The van der Waals surface area contributed by atoms with Crippen LogP contribution in [0.2, 0.25) is 0 Å². The summed E-state index contributed by atoms with van der Waals surface area (Å²) in [7, 11) is 0. The minimum Gasteiger partial charge on any atom is -0.466 e. The van der Waals surface area contributed by atoms with Crippen molar-refractivity contribution in [3.05, 3.63) is 24.3 Å². The number of ether oxygens (including phenoxy) is 1. The second-order valence-electron chi connectivity index (χ2n) is 17.9. The van der Waals surface area contributed by atoms with Crippen molar-refractivity contribution in [1.29, 1.82) is 0 Å². The van der Waals surface area contributed by atoms with E-state index in [-0.39, 0.29) is 18.5 Å². The Morgan fingerprint density at radius 2 is 0.814 bits per heavy atom. The van der Waals surface area contributed by atoms with Crippen LogP contribution < -0.4 is 5.32 Å². The fourth-order valence-corrected chi connectivity index (χ4v) is 7.91. The van der Waals surface area contributed by atoms with E-state index in [1.807, 2.05) is 6.08 Å². The maximum absolute atomic E-state index is 12.4. The molecule has 0 aliphatic carbocycles. The van der Waals surface area contributed by atoms with Crippen LogP contribution in [0.25, 0.3) is 0 Å². The Hall–Kier alpha value is -1.66. The van der Waals surface area contributed by atoms with Crippen molar-refractivity contribution in [2.45, 2.75) is 289 Å². The summed E-state index contributed by atoms with van der Waals surface area (Å²) in [5.41, 5.74) is 0. The Labute approximate surface area is 367 Å². The fraction of sp³-hybridized carbons (Fsp3) is 0.887. The normalized spacial score (nSPS) is 12.8. The number of rotatable bonds is 48. The van der Waals surface area contributed by atoms with Crippen LogP contribution in [0.3, 0.4) is 0 Å². The van der Waals surface area contributed by atoms with E-state index in [0.717, 1.165) is 57.8 Å². The number of amides is 1. The van der Waals surface area contributed by atoms with Crippen molar-refractivity contribution in [3.8, 4) is 0 Å². The van der Waals surface area contributed by atoms with Crippen LogP contribution in [0.1, 0.15) is 277 Å². The first-order valence-corrected chi connectivity index (χ1v) is 26.1. The molecule has 6 nitrogen and oxygen atoms in total. The van der Waals surface area contributed by atoms with Gasteiger partial charge in [0.1, 0.15) is 0 Å². The smallest absolute Gasteiger partial charge is 0.305 e. The van der Waals surface area contributed by atoms with E-state index in [1.54, 1.807) is 6.08 Å². The van der Waals surface area contributed by atoms with Gasteiger partial charge in [0, 0.05) is 12.8 Å². The van der Waals surface area contributed by atoms with E-state index in [2.05, 4.69) is 31.3 Å². The van der Waals surface area contributed by atoms with E-state index in [0.29, 0.717) is 19.4 Å². The molecule has 0 saturated carbocycles. The Bertz CT molecular complexity index is 920. The number of carbonyl (C=O) groups excluding carboxylic acids is 2. The van der Waals surface area contributed by atoms with Crippen LogP contribution in [-0.4, -0.2) is 47.4 Å². The molecule has 0 spiro atoms. The van der Waals surface area contributed by atoms with Gasteiger partial charge in [0.05, 0.1) is 25.4 Å². The van der Waals surface area contributed by atoms with Crippen molar-refractivity contribution < 1.29 is 24.5 Å². The Morgan fingerprint density at radius 3 is 1.25 bits per heavy atom. The number of esters is 1. The van der Waals surface area contributed by atoms with Crippen molar-refractivity contribution in [3.63, 3.8) is 0 Å². The molecule has 59 heavy (non-hydrogen) atoms. The van der Waals surface area contributed by atoms with Gasteiger partial charge >= 0.3 is 5.97 Å². The number of allylic oxidation sites excluding steroid dienone is 3. The van der Waals surface area contributed by atoms with Crippen molar-refractivity contribution >= 4 is 11.9 Å². The highest BCUT2D eigenvalue weighted by Crippen LogP contribution is 2.16. The van der Waals surface area contributed by atoms with Gasteiger partial charge in [0.25, 0.3) is 0 Å². The van der Waals surface area contributed by atoms with Crippen LogP contribution >= 0.6 is 0 Å². The summed E-state index contributed by atoms with van der Waals surface area (Å²) < 4.78 is 5.44. The number of carbonyl (C=O) groups is 2. The van der Waals surface area contributed by atoms with Crippen molar-refractivity contribution in [2.75, 3.05) is 13.2 Å². The third kappa shape index (κ3) is 45.7. The average molecular weight is 832 g/mol. The van der Waals surface area contributed by atoms with E-state index in [4.69, 9.17) is 4.74 Å². The molecule has 2 atom stereocenters. The summed E-state index contributed by atoms with van der Waals surface area (Å²) in [5.74, 6) is -0.0878. The molecule has 0 aromatic heterocycles. The number of aliphatic hydroxyl groups is 2.